The SMILES string of the molecule is c1ccc(-c2nc(-c3ccccc3)nc(-c3ccc4c(c3)c3ccccc3n4-c3ccc4c(c3)oc3ccccc34)n2)cc1. The van der Waals surface area contributed by atoms with E-state index in [2.05, 4.69) is 71.3 Å². The number of rotatable bonds is 4. The Morgan fingerprint density at radius 2 is 0.955 bits per heavy atom. The van der Waals surface area contributed by atoms with E-state index in [0.29, 0.717) is 17.5 Å². The largest absolute Gasteiger partial charge is 0.456 e. The molecule has 0 fully saturated rings. The van der Waals surface area contributed by atoms with E-state index in [-0.39, 0.29) is 0 Å². The number of fused-ring (bicyclic) bond motifs is 6. The molecule has 0 bridgehead atoms. The van der Waals surface area contributed by atoms with Gasteiger partial charge in [0.15, 0.2) is 17.5 Å². The number of benzene rings is 6. The van der Waals surface area contributed by atoms with Gasteiger partial charge in [-0.15, -0.1) is 0 Å². The molecule has 0 aliphatic heterocycles. The Morgan fingerprint density at radius 1 is 0.386 bits per heavy atom. The Labute approximate surface area is 252 Å². The smallest absolute Gasteiger partial charge is 0.164 e. The van der Waals surface area contributed by atoms with Gasteiger partial charge in [0.25, 0.3) is 0 Å². The number of nitrogens with zero attached hydrogens (tertiary/aromatic N) is 4. The lowest BCUT2D eigenvalue weighted by Crippen LogP contribution is -2.00. The molecule has 0 spiro atoms. The second kappa shape index (κ2) is 9.75. The first kappa shape index (κ1) is 24.5. The molecule has 3 heterocycles. The molecule has 44 heavy (non-hydrogen) atoms. The van der Waals surface area contributed by atoms with Crippen molar-refractivity contribution in [1.29, 1.82) is 0 Å². The Morgan fingerprint density at radius 3 is 1.68 bits per heavy atom. The van der Waals surface area contributed by atoms with E-state index in [4.69, 9.17) is 19.4 Å². The first-order chi connectivity index (χ1) is 21.8. The minimum Gasteiger partial charge on any atom is -0.456 e. The minimum atomic E-state index is 0.639. The minimum absolute atomic E-state index is 0.639. The summed E-state index contributed by atoms with van der Waals surface area (Å²) in [5, 5.41) is 4.54. The monoisotopic (exact) mass is 564 g/mol. The predicted octanol–water partition coefficient (Wildman–Crippen LogP) is 9.87. The average Bonchev–Trinajstić information content (AvgIpc) is 3.64. The summed E-state index contributed by atoms with van der Waals surface area (Å²) in [6.45, 7) is 0. The summed E-state index contributed by atoms with van der Waals surface area (Å²) < 4.78 is 8.56. The number of hydrogen-bond acceptors (Lipinski definition) is 4. The van der Waals surface area contributed by atoms with Crippen LogP contribution >= 0.6 is 0 Å². The maximum Gasteiger partial charge on any atom is 0.164 e. The fraction of sp³-hybridized carbons (Fsp3) is 0. The van der Waals surface area contributed by atoms with Crippen molar-refractivity contribution in [2.75, 3.05) is 0 Å². The van der Waals surface area contributed by atoms with Gasteiger partial charge in [0.1, 0.15) is 11.2 Å². The van der Waals surface area contributed by atoms with Crippen LogP contribution in [0.25, 0.3) is 83.6 Å². The zero-order valence-corrected chi connectivity index (χ0v) is 23.6. The van der Waals surface area contributed by atoms with Crippen molar-refractivity contribution >= 4 is 43.7 Å². The lowest BCUT2D eigenvalue weighted by atomic mass is 10.1. The Balaban J connectivity index is 1.25. The van der Waals surface area contributed by atoms with Crippen LogP contribution in [0.15, 0.2) is 150 Å². The number of aromatic nitrogens is 4. The second-order valence-electron chi connectivity index (χ2n) is 10.9. The number of para-hydroxylation sites is 2. The van der Waals surface area contributed by atoms with Gasteiger partial charge in [0, 0.05) is 50.0 Å². The van der Waals surface area contributed by atoms with Gasteiger partial charge in [-0.3, -0.25) is 0 Å². The van der Waals surface area contributed by atoms with Crippen LogP contribution < -0.4 is 0 Å². The molecule has 0 atom stereocenters. The second-order valence-corrected chi connectivity index (χ2v) is 10.9. The zero-order chi connectivity index (χ0) is 29.0. The van der Waals surface area contributed by atoms with Crippen LogP contribution in [-0.4, -0.2) is 19.5 Å². The summed E-state index contributed by atoms with van der Waals surface area (Å²) >= 11 is 0. The molecule has 0 unspecified atom stereocenters. The van der Waals surface area contributed by atoms with E-state index in [0.717, 1.165) is 66.1 Å². The molecule has 9 rings (SSSR count). The van der Waals surface area contributed by atoms with Crippen LogP contribution in [-0.2, 0) is 0 Å². The lowest BCUT2D eigenvalue weighted by molar-refractivity contribution is 0.668. The van der Waals surface area contributed by atoms with E-state index in [1.807, 2.05) is 78.9 Å². The molecule has 0 amide bonds. The van der Waals surface area contributed by atoms with E-state index < -0.39 is 0 Å². The van der Waals surface area contributed by atoms with Gasteiger partial charge in [0.2, 0.25) is 0 Å². The highest BCUT2D eigenvalue weighted by Gasteiger charge is 2.17. The standard InChI is InChI=1S/C39H24N4O/c1-3-11-25(12-4-1)37-40-38(26-13-5-2-6-14-26)42-39(41-37)27-19-22-34-32(23-27)29-15-7-9-17-33(29)43(34)28-20-21-31-30-16-8-10-18-35(30)44-36(31)24-28/h1-24H. The molecule has 0 saturated heterocycles. The van der Waals surface area contributed by atoms with Gasteiger partial charge in [0.05, 0.1) is 11.0 Å². The molecule has 9 aromatic rings. The molecular weight excluding hydrogens is 540 g/mol. The molecule has 0 radical (unpaired) electrons. The van der Waals surface area contributed by atoms with Gasteiger partial charge >= 0.3 is 0 Å². The van der Waals surface area contributed by atoms with Crippen LogP contribution in [0.3, 0.4) is 0 Å². The summed E-state index contributed by atoms with van der Waals surface area (Å²) in [7, 11) is 0. The highest BCUT2D eigenvalue weighted by molar-refractivity contribution is 6.11. The predicted molar refractivity (Wildman–Crippen MR) is 178 cm³/mol. The summed E-state index contributed by atoms with van der Waals surface area (Å²) in [5.41, 5.74) is 7.89. The summed E-state index contributed by atoms with van der Waals surface area (Å²) in [4.78, 5) is 14.8. The van der Waals surface area contributed by atoms with Gasteiger partial charge in [-0.05, 0) is 42.5 Å². The third kappa shape index (κ3) is 3.91. The Kier molecular flexibility index (Phi) is 5.43. The van der Waals surface area contributed by atoms with E-state index >= 15 is 0 Å². The molecule has 0 aliphatic rings. The van der Waals surface area contributed by atoms with Crippen molar-refractivity contribution in [3.63, 3.8) is 0 Å². The summed E-state index contributed by atoms with van der Waals surface area (Å²) in [6, 6.07) is 49.8. The van der Waals surface area contributed by atoms with Crippen LogP contribution in [0.1, 0.15) is 0 Å². The van der Waals surface area contributed by atoms with Gasteiger partial charge in [-0.25, -0.2) is 15.0 Å². The van der Waals surface area contributed by atoms with Crippen LogP contribution in [0.4, 0.5) is 0 Å². The fourth-order valence-corrected chi connectivity index (χ4v) is 6.18. The molecule has 5 nitrogen and oxygen atoms in total. The highest BCUT2D eigenvalue weighted by atomic mass is 16.3. The van der Waals surface area contributed by atoms with E-state index in [1.54, 1.807) is 0 Å². The Bertz CT molecular complexity index is 2440. The van der Waals surface area contributed by atoms with Gasteiger partial charge < -0.3 is 8.98 Å². The molecule has 0 aliphatic carbocycles. The number of hydrogen-bond donors (Lipinski definition) is 0. The maximum atomic E-state index is 6.25. The van der Waals surface area contributed by atoms with Crippen LogP contribution in [0, 0.1) is 0 Å². The van der Waals surface area contributed by atoms with Crippen molar-refractivity contribution < 1.29 is 4.42 Å². The molecule has 0 saturated carbocycles. The zero-order valence-electron chi connectivity index (χ0n) is 23.6. The van der Waals surface area contributed by atoms with Crippen molar-refractivity contribution in [3.8, 4) is 39.9 Å². The van der Waals surface area contributed by atoms with Gasteiger partial charge in [-0.2, -0.15) is 0 Å². The quantitative estimate of drug-likeness (QED) is 0.213. The molecule has 6 aromatic carbocycles. The van der Waals surface area contributed by atoms with E-state index in [9.17, 15) is 0 Å². The van der Waals surface area contributed by atoms with Crippen molar-refractivity contribution in [2.24, 2.45) is 0 Å². The Hall–Kier alpha value is -6.07. The topological polar surface area (TPSA) is 56.7 Å². The lowest BCUT2D eigenvalue weighted by Gasteiger charge is -2.10. The molecule has 0 N–H and O–H groups in total. The van der Waals surface area contributed by atoms with Crippen molar-refractivity contribution in [1.82, 2.24) is 19.5 Å². The normalized spacial score (nSPS) is 11.6. The van der Waals surface area contributed by atoms with Crippen LogP contribution in [0.5, 0.6) is 0 Å². The van der Waals surface area contributed by atoms with E-state index in [1.165, 1.54) is 0 Å². The summed E-state index contributed by atoms with van der Waals surface area (Å²) in [5.74, 6) is 1.94. The van der Waals surface area contributed by atoms with Crippen molar-refractivity contribution in [2.45, 2.75) is 0 Å². The molecule has 5 heteroatoms. The summed E-state index contributed by atoms with van der Waals surface area (Å²) in [6.07, 6.45) is 0. The van der Waals surface area contributed by atoms with Crippen LogP contribution in [0.2, 0.25) is 0 Å². The first-order valence-corrected chi connectivity index (χ1v) is 14.6. The fourth-order valence-electron chi connectivity index (χ4n) is 6.18. The maximum absolute atomic E-state index is 6.25. The third-order valence-corrected chi connectivity index (χ3v) is 8.25. The molecular formula is C39H24N4O. The van der Waals surface area contributed by atoms with Gasteiger partial charge in [-0.1, -0.05) is 97.1 Å². The first-order valence-electron chi connectivity index (χ1n) is 14.6. The number of furan rings is 1. The highest BCUT2D eigenvalue weighted by Crippen LogP contribution is 2.37. The average molecular weight is 565 g/mol. The van der Waals surface area contributed by atoms with Crippen molar-refractivity contribution in [3.05, 3.63) is 146 Å². The molecule has 3 aromatic heterocycles. The molecule has 206 valence electrons. The third-order valence-electron chi connectivity index (χ3n) is 8.25.